The number of morpholine rings is 1. The average Bonchev–Trinajstić information content (AvgIpc) is 2.68. The summed E-state index contributed by atoms with van der Waals surface area (Å²) in [4.78, 5) is 23.3. The minimum Gasteiger partial charge on any atom is -0.484 e. The van der Waals surface area contributed by atoms with Crippen molar-refractivity contribution in [3.05, 3.63) is 60.2 Å². The fourth-order valence-electron chi connectivity index (χ4n) is 2.69. The first-order valence-electron chi connectivity index (χ1n) is 8.25. The van der Waals surface area contributed by atoms with Crippen LogP contribution >= 0.6 is 0 Å². The number of carbonyl (C=O) groups is 2. The van der Waals surface area contributed by atoms with Crippen LogP contribution in [0.1, 0.15) is 11.7 Å². The smallest absolute Gasteiger partial charge is 0.262 e. The summed E-state index contributed by atoms with van der Waals surface area (Å²) in [7, 11) is 0. The molecule has 0 bridgehead atoms. The standard InChI is InChI=1S/C19H20N2O5/c22-10-16-19(26-12-18(24)21-16)13-6-8-14(9-7-13)20-17(23)11-25-15-4-2-1-3-5-15/h1-9,16,19,22H,10-12H2,(H,20,23)(H,21,24). The molecule has 0 saturated carbocycles. The zero-order chi connectivity index (χ0) is 18.4. The molecule has 2 amide bonds. The lowest BCUT2D eigenvalue weighted by Gasteiger charge is -2.31. The van der Waals surface area contributed by atoms with E-state index in [-0.39, 0.29) is 31.6 Å². The Hall–Kier alpha value is -2.90. The molecule has 136 valence electrons. The van der Waals surface area contributed by atoms with E-state index >= 15 is 0 Å². The third kappa shape index (κ3) is 4.59. The number of aliphatic hydroxyl groups excluding tert-OH is 1. The summed E-state index contributed by atoms with van der Waals surface area (Å²) >= 11 is 0. The average molecular weight is 356 g/mol. The molecule has 0 aromatic heterocycles. The molecule has 2 atom stereocenters. The largest absolute Gasteiger partial charge is 0.484 e. The monoisotopic (exact) mass is 356 g/mol. The summed E-state index contributed by atoms with van der Waals surface area (Å²) in [5.74, 6) is 0.114. The van der Waals surface area contributed by atoms with E-state index in [2.05, 4.69) is 10.6 Å². The fraction of sp³-hybridized carbons (Fsp3) is 0.263. The van der Waals surface area contributed by atoms with Gasteiger partial charge in [0, 0.05) is 5.69 Å². The molecule has 1 aliphatic rings. The summed E-state index contributed by atoms with van der Waals surface area (Å²) in [6, 6.07) is 15.7. The maximum atomic E-state index is 12.0. The number of nitrogens with one attached hydrogen (secondary N) is 2. The Morgan fingerprint density at radius 2 is 1.92 bits per heavy atom. The van der Waals surface area contributed by atoms with Gasteiger partial charge in [-0.3, -0.25) is 9.59 Å². The highest BCUT2D eigenvalue weighted by Crippen LogP contribution is 2.25. The summed E-state index contributed by atoms with van der Waals surface area (Å²) in [5.41, 5.74) is 1.43. The maximum absolute atomic E-state index is 12.0. The first kappa shape index (κ1) is 17.9. The number of aliphatic hydroxyl groups is 1. The molecule has 7 heteroatoms. The second-order valence-corrected chi connectivity index (χ2v) is 5.86. The lowest BCUT2D eigenvalue weighted by Crippen LogP contribution is -2.49. The van der Waals surface area contributed by atoms with Gasteiger partial charge in [0.25, 0.3) is 5.91 Å². The molecular weight excluding hydrogens is 336 g/mol. The van der Waals surface area contributed by atoms with E-state index in [0.717, 1.165) is 5.56 Å². The summed E-state index contributed by atoms with van der Waals surface area (Å²) in [6.07, 6.45) is -0.427. The molecule has 0 aliphatic carbocycles. The lowest BCUT2D eigenvalue weighted by atomic mass is 10.0. The molecule has 0 spiro atoms. The Bertz CT molecular complexity index is 748. The molecule has 3 rings (SSSR count). The minimum absolute atomic E-state index is 0.0452. The molecule has 7 nitrogen and oxygen atoms in total. The van der Waals surface area contributed by atoms with Crippen LogP contribution in [0, 0.1) is 0 Å². The van der Waals surface area contributed by atoms with Crippen LogP contribution in [0.3, 0.4) is 0 Å². The third-order valence-electron chi connectivity index (χ3n) is 3.94. The van der Waals surface area contributed by atoms with Crippen molar-refractivity contribution in [2.45, 2.75) is 12.1 Å². The Morgan fingerprint density at radius 3 is 2.62 bits per heavy atom. The molecule has 2 aromatic carbocycles. The van der Waals surface area contributed by atoms with Gasteiger partial charge in [-0.2, -0.15) is 0 Å². The van der Waals surface area contributed by atoms with Crippen LogP contribution in [0.25, 0.3) is 0 Å². The first-order valence-corrected chi connectivity index (χ1v) is 8.25. The van der Waals surface area contributed by atoms with Gasteiger partial charge in [0.05, 0.1) is 12.6 Å². The number of carbonyl (C=O) groups excluding carboxylic acids is 2. The van der Waals surface area contributed by atoms with Crippen molar-refractivity contribution < 1.29 is 24.2 Å². The number of amides is 2. The van der Waals surface area contributed by atoms with Crippen LogP contribution in [0.15, 0.2) is 54.6 Å². The second-order valence-electron chi connectivity index (χ2n) is 5.86. The lowest BCUT2D eigenvalue weighted by molar-refractivity contribution is -0.138. The number of ether oxygens (including phenoxy) is 2. The van der Waals surface area contributed by atoms with E-state index < -0.39 is 12.1 Å². The number of benzene rings is 2. The van der Waals surface area contributed by atoms with Crippen LogP contribution in [0.4, 0.5) is 5.69 Å². The fourth-order valence-corrected chi connectivity index (χ4v) is 2.69. The van der Waals surface area contributed by atoms with Gasteiger partial charge in [-0.25, -0.2) is 0 Å². The quantitative estimate of drug-likeness (QED) is 0.724. The highest BCUT2D eigenvalue weighted by atomic mass is 16.5. The maximum Gasteiger partial charge on any atom is 0.262 e. The minimum atomic E-state index is -0.490. The van der Waals surface area contributed by atoms with E-state index in [0.29, 0.717) is 11.4 Å². The third-order valence-corrected chi connectivity index (χ3v) is 3.94. The van der Waals surface area contributed by atoms with Gasteiger partial charge in [0.2, 0.25) is 5.91 Å². The molecule has 1 saturated heterocycles. The van der Waals surface area contributed by atoms with Crippen LogP contribution < -0.4 is 15.4 Å². The van der Waals surface area contributed by atoms with Crippen molar-refractivity contribution in [3.63, 3.8) is 0 Å². The van der Waals surface area contributed by atoms with Crippen LogP contribution in [0.5, 0.6) is 5.75 Å². The molecule has 2 unspecified atom stereocenters. The van der Waals surface area contributed by atoms with Crippen LogP contribution in [-0.4, -0.2) is 42.8 Å². The Labute approximate surface area is 150 Å². The first-order chi connectivity index (χ1) is 12.7. The van der Waals surface area contributed by atoms with Gasteiger partial charge >= 0.3 is 0 Å². The van der Waals surface area contributed by atoms with Crippen LogP contribution in [-0.2, 0) is 14.3 Å². The number of hydrogen-bond donors (Lipinski definition) is 3. The second kappa shape index (κ2) is 8.46. The van der Waals surface area contributed by atoms with Crippen molar-refractivity contribution in [2.75, 3.05) is 25.1 Å². The van der Waals surface area contributed by atoms with Crippen molar-refractivity contribution in [2.24, 2.45) is 0 Å². The van der Waals surface area contributed by atoms with Gasteiger partial charge < -0.3 is 25.2 Å². The van der Waals surface area contributed by atoms with E-state index in [9.17, 15) is 14.7 Å². The molecule has 1 aliphatic heterocycles. The highest BCUT2D eigenvalue weighted by molar-refractivity contribution is 5.91. The van der Waals surface area contributed by atoms with Crippen molar-refractivity contribution in [3.8, 4) is 5.75 Å². The zero-order valence-electron chi connectivity index (χ0n) is 14.1. The Kier molecular flexibility index (Phi) is 5.83. The number of anilines is 1. The molecule has 1 heterocycles. The van der Waals surface area contributed by atoms with Gasteiger partial charge in [0.15, 0.2) is 6.61 Å². The molecular formula is C19H20N2O5. The number of hydrogen-bond acceptors (Lipinski definition) is 5. The zero-order valence-corrected chi connectivity index (χ0v) is 14.1. The van der Waals surface area contributed by atoms with Gasteiger partial charge in [-0.1, -0.05) is 30.3 Å². The topological polar surface area (TPSA) is 96.9 Å². The summed E-state index contributed by atoms with van der Waals surface area (Å²) in [5, 5.41) is 14.8. The molecule has 1 fully saturated rings. The van der Waals surface area contributed by atoms with E-state index in [1.54, 1.807) is 36.4 Å². The van der Waals surface area contributed by atoms with Crippen molar-refractivity contribution in [1.29, 1.82) is 0 Å². The predicted octanol–water partition coefficient (Wildman–Crippen LogP) is 1.25. The van der Waals surface area contributed by atoms with E-state index in [1.165, 1.54) is 0 Å². The van der Waals surface area contributed by atoms with E-state index in [4.69, 9.17) is 9.47 Å². The normalized spacial score (nSPS) is 19.5. The van der Waals surface area contributed by atoms with Gasteiger partial charge in [0.1, 0.15) is 18.5 Å². The van der Waals surface area contributed by atoms with Crippen molar-refractivity contribution in [1.82, 2.24) is 5.32 Å². The molecule has 0 radical (unpaired) electrons. The van der Waals surface area contributed by atoms with Crippen LogP contribution in [0.2, 0.25) is 0 Å². The summed E-state index contributed by atoms with van der Waals surface area (Å²) in [6.45, 7) is -0.349. The van der Waals surface area contributed by atoms with Gasteiger partial charge in [-0.15, -0.1) is 0 Å². The highest BCUT2D eigenvalue weighted by Gasteiger charge is 2.30. The van der Waals surface area contributed by atoms with Crippen molar-refractivity contribution >= 4 is 17.5 Å². The Morgan fingerprint density at radius 1 is 1.19 bits per heavy atom. The van der Waals surface area contributed by atoms with Gasteiger partial charge in [-0.05, 0) is 29.8 Å². The SMILES string of the molecule is O=C(COc1ccccc1)Nc1ccc(C2OCC(=O)NC2CO)cc1. The Balaban J connectivity index is 1.55. The molecule has 26 heavy (non-hydrogen) atoms. The predicted molar refractivity (Wildman–Crippen MR) is 94.7 cm³/mol. The number of rotatable bonds is 6. The molecule has 3 N–H and O–H groups in total. The summed E-state index contributed by atoms with van der Waals surface area (Å²) < 4.78 is 10.9. The molecule has 2 aromatic rings. The number of para-hydroxylation sites is 1. The van der Waals surface area contributed by atoms with E-state index in [1.807, 2.05) is 18.2 Å².